The van der Waals surface area contributed by atoms with Crippen molar-refractivity contribution in [2.24, 2.45) is 5.11 Å². The van der Waals surface area contributed by atoms with Crippen LogP contribution in [0.2, 0.25) is 0 Å². The Morgan fingerprint density at radius 3 is 2.50 bits per heavy atom. The number of azide groups is 1. The van der Waals surface area contributed by atoms with Crippen molar-refractivity contribution in [3.05, 3.63) is 10.4 Å². The van der Waals surface area contributed by atoms with Gasteiger partial charge in [0, 0.05) is 4.91 Å². The molecule has 0 saturated carbocycles. The lowest BCUT2D eigenvalue weighted by Crippen LogP contribution is -2.33. The third-order valence-electron chi connectivity index (χ3n) is 1.68. The first kappa shape index (κ1) is 9.24. The molecule has 1 heterocycles. The fourth-order valence-corrected chi connectivity index (χ4v) is 1.03. The Morgan fingerprint density at radius 1 is 1.42 bits per heavy atom. The molecule has 0 spiro atoms. The van der Waals surface area contributed by atoms with Crippen LogP contribution in [0.3, 0.4) is 0 Å². The molecule has 1 saturated heterocycles. The van der Waals surface area contributed by atoms with Crippen molar-refractivity contribution in [2.45, 2.75) is 24.5 Å². The lowest BCUT2D eigenvalue weighted by molar-refractivity contribution is -0.0198. The zero-order valence-electron chi connectivity index (χ0n) is 6.11. The zero-order chi connectivity index (χ0) is 9.14. The Hall–Kier alpha value is -0.850. The van der Waals surface area contributed by atoms with Gasteiger partial charge in [0.15, 0.2) is 6.23 Å². The van der Waals surface area contributed by atoms with Gasteiger partial charge < -0.3 is 20.1 Å². The second kappa shape index (κ2) is 3.70. The molecule has 0 unspecified atom stereocenters. The van der Waals surface area contributed by atoms with E-state index in [9.17, 15) is 0 Å². The highest BCUT2D eigenvalue weighted by molar-refractivity contribution is 4.88. The number of nitrogens with zero attached hydrogens (tertiary/aromatic N) is 3. The Kier molecular flexibility index (Phi) is 2.85. The topological polar surface area (TPSA) is 119 Å². The minimum absolute atomic E-state index is 0.421. The fourth-order valence-electron chi connectivity index (χ4n) is 1.03. The van der Waals surface area contributed by atoms with Crippen molar-refractivity contribution in [2.75, 3.05) is 6.61 Å². The van der Waals surface area contributed by atoms with Crippen LogP contribution in [0.1, 0.15) is 0 Å². The van der Waals surface area contributed by atoms with Gasteiger partial charge in [-0.05, 0) is 5.53 Å². The van der Waals surface area contributed by atoms with E-state index in [1.54, 1.807) is 0 Å². The predicted molar refractivity (Wildman–Crippen MR) is 36.9 cm³/mol. The van der Waals surface area contributed by atoms with Gasteiger partial charge in [-0.25, -0.2) is 0 Å². The summed E-state index contributed by atoms with van der Waals surface area (Å²) < 4.78 is 4.81. The van der Waals surface area contributed by atoms with E-state index in [0.717, 1.165) is 0 Å². The molecule has 3 N–H and O–H groups in total. The first-order chi connectivity index (χ1) is 5.70. The van der Waals surface area contributed by atoms with Crippen LogP contribution >= 0.6 is 0 Å². The highest BCUT2D eigenvalue weighted by Crippen LogP contribution is 2.21. The Bertz CT molecular complexity index is 205. The summed E-state index contributed by atoms with van der Waals surface area (Å²) in [4.78, 5) is 2.42. The van der Waals surface area contributed by atoms with E-state index in [2.05, 4.69) is 10.0 Å². The molecule has 7 heteroatoms. The Balaban J connectivity index is 2.66. The molecule has 1 aliphatic rings. The molecule has 1 fully saturated rings. The number of aliphatic hydroxyl groups excluding tert-OH is 3. The molecule has 1 rings (SSSR count). The van der Waals surface area contributed by atoms with E-state index >= 15 is 0 Å². The molecule has 4 atom stereocenters. The Labute approximate surface area is 67.8 Å². The summed E-state index contributed by atoms with van der Waals surface area (Å²) in [5.41, 5.74) is 8.01. The average Bonchev–Trinajstić information content (AvgIpc) is 2.33. The first-order valence-corrected chi connectivity index (χ1v) is 3.37. The first-order valence-electron chi connectivity index (χ1n) is 3.37. The molecule has 0 aliphatic carbocycles. The summed E-state index contributed by atoms with van der Waals surface area (Å²) in [5.74, 6) is 0. The summed E-state index contributed by atoms with van der Waals surface area (Å²) in [5, 5.41) is 30.0. The predicted octanol–water partition coefficient (Wildman–Crippen LogP) is -1.26. The van der Waals surface area contributed by atoms with Gasteiger partial charge in [0.1, 0.15) is 18.3 Å². The van der Waals surface area contributed by atoms with Gasteiger partial charge in [-0.2, -0.15) is 0 Å². The summed E-state index contributed by atoms with van der Waals surface area (Å²) in [6.45, 7) is -0.421. The second-order valence-corrected chi connectivity index (χ2v) is 2.43. The zero-order valence-corrected chi connectivity index (χ0v) is 6.11. The molecule has 12 heavy (non-hydrogen) atoms. The fraction of sp³-hybridized carbons (Fsp3) is 1.00. The van der Waals surface area contributed by atoms with Crippen molar-refractivity contribution < 1.29 is 20.1 Å². The van der Waals surface area contributed by atoms with Crippen molar-refractivity contribution in [1.29, 1.82) is 0 Å². The lowest BCUT2D eigenvalue weighted by Gasteiger charge is -2.10. The van der Waals surface area contributed by atoms with Crippen LogP contribution in [-0.2, 0) is 4.74 Å². The van der Waals surface area contributed by atoms with Crippen molar-refractivity contribution in [3.63, 3.8) is 0 Å². The molecule has 0 aromatic rings. The smallest absolute Gasteiger partial charge is 0.165 e. The van der Waals surface area contributed by atoms with Crippen LogP contribution in [0, 0.1) is 0 Å². The van der Waals surface area contributed by atoms with Crippen LogP contribution in [-0.4, -0.2) is 46.5 Å². The van der Waals surface area contributed by atoms with Crippen LogP contribution in [0.4, 0.5) is 0 Å². The SMILES string of the molecule is [N-]=[N+]=N[C@@H]1O[C@H](CO)[C@H](O)[C@H]1O. The molecule has 7 nitrogen and oxygen atoms in total. The third kappa shape index (κ3) is 1.50. The highest BCUT2D eigenvalue weighted by atomic mass is 16.6. The molecule has 0 radical (unpaired) electrons. The van der Waals surface area contributed by atoms with Crippen molar-refractivity contribution >= 4 is 0 Å². The van der Waals surface area contributed by atoms with E-state index in [0.29, 0.717) is 0 Å². The molecule has 0 amide bonds. The summed E-state index contributed by atoms with van der Waals surface area (Å²) in [6, 6.07) is 0. The largest absolute Gasteiger partial charge is 0.394 e. The standard InChI is InChI=1S/C5H9N3O4/c6-8-7-5-4(11)3(10)2(1-9)12-5/h2-5,9-11H,1H2/t2-,3+,4-,5-/m1/s1. The van der Waals surface area contributed by atoms with E-state index < -0.39 is 31.1 Å². The second-order valence-electron chi connectivity index (χ2n) is 2.43. The molecule has 0 aromatic carbocycles. The number of ether oxygens (including phenoxy) is 1. The molecular formula is C5H9N3O4. The molecule has 68 valence electrons. The van der Waals surface area contributed by atoms with Crippen LogP contribution in [0.5, 0.6) is 0 Å². The van der Waals surface area contributed by atoms with E-state index in [1.165, 1.54) is 0 Å². The normalized spacial score (nSPS) is 40.9. The van der Waals surface area contributed by atoms with E-state index in [4.69, 9.17) is 25.6 Å². The van der Waals surface area contributed by atoms with Gasteiger partial charge in [0.05, 0.1) is 6.61 Å². The van der Waals surface area contributed by atoms with E-state index in [-0.39, 0.29) is 0 Å². The number of hydrogen-bond acceptors (Lipinski definition) is 5. The highest BCUT2D eigenvalue weighted by Gasteiger charge is 2.41. The van der Waals surface area contributed by atoms with Gasteiger partial charge >= 0.3 is 0 Å². The van der Waals surface area contributed by atoms with Gasteiger partial charge in [-0.3, -0.25) is 0 Å². The number of hydrogen-bond donors (Lipinski definition) is 3. The lowest BCUT2D eigenvalue weighted by atomic mass is 10.1. The average molecular weight is 175 g/mol. The van der Waals surface area contributed by atoms with Gasteiger partial charge in [0.2, 0.25) is 0 Å². The molecule has 0 bridgehead atoms. The van der Waals surface area contributed by atoms with Crippen LogP contribution in [0.25, 0.3) is 10.4 Å². The monoisotopic (exact) mass is 175 g/mol. The maximum absolute atomic E-state index is 9.14. The van der Waals surface area contributed by atoms with Crippen molar-refractivity contribution in [3.8, 4) is 0 Å². The maximum Gasteiger partial charge on any atom is 0.165 e. The molecular weight excluding hydrogens is 166 g/mol. The summed E-state index contributed by atoms with van der Waals surface area (Å²) >= 11 is 0. The van der Waals surface area contributed by atoms with Crippen LogP contribution < -0.4 is 0 Å². The number of aliphatic hydroxyl groups is 3. The van der Waals surface area contributed by atoms with Crippen LogP contribution in [0.15, 0.2) is 5.11 Å². The van der Waals surface area contributed by atoms with Gasteiger partial charge in [-0.15, -0.1) is 0 Å². The molecule has 1 aliphatic heterocycles. The minimum atomic E-state index is -1.27. The van der Waals surface area contributed by atoms with Gasteiger partial charge in [-0.1, -0.05) is 5.11 Å². The van der Waals surface area contributed by atoms with Gasteiger partial charge in [0.25, 0.3) is 0 Å². The molecule has 0 aromatic heterocycles. The maximum atomic E-state index is 9.14. The Morgan fingerprint density at radius 2 is 2.08 bits per heavy atom. The third-order valence-corrected chi connectivity index (χ3v) is 1.68. The van der Waals surface area contributed by atoms with E-state index in [1.807, 2.05) is 0 Å². The minimum Gasteiger partial charge on any atom is -0.394 e. The van der Waals surface area contributed by atoms with Crippen molar-refractivity contribution in [1.82, 2.24) is 0 Å². The quantitative estimate of drug-likeness (QED) is 0.275. The summed E-state index contributed by atoms with van der Waals surface area (Å²) in [6.07, 6.45) is -4.46. The number of rotatable bonds is 2. The summed E-state index contributed by atoms with van der Waals surface area (Å²) in [7, 11) is 0.